The Morgan fingerprint density at radius 1 is 0.846 bits per heavy atom. The van der Waals surface area contributed by atoms with Gasteiger partial charge in [-0.1, -0.05) is 38.5 Å². The van der Waals surface area contributed by atoms with Gasteiger partial charge in [-0.05, 0) is 37.1 Å². The van der Waals surface area contributed by atoms with Crippen molar-refractivity contribution in [3.8, 4) is 0 Å². The van der Waals surface area contributed by atoms with Crippen LogP contribution in [0.4, 0.5) is 13.2 Å². The van der Waals surface area contributed by atoms with E-state index in [1.54, 1.807) is 0 Å². The van der Waals surface area contributed by atoms with E-state index in [-0.39, 0.29) is 17.9 Å². The van der Waals surface area contributed by atoms with E-state index >= 15 is 0 Å². The average molecular weight is 373 g/mol. The first-order valence-corrected chi connectivity index (χ1v) is 8.98. The molecule has 0 aliphatic carbocycles. The number of carboxylic acids is 1. The second-order valence-electron chi connectivity index (χ2n) is 6.30. The first-order chi connectivity index (χ1) is 12.3. The number of carbonyl (C=O) groups excluding carboxylic acids is 1. The number of carbonyl (C=O) groups is 2. The summed E-state index contributed by atoms with van der Waals surface area (Å²) < 4.78 is 37.4. The molecule has 1 rings (SSSR count). The van der Waals surface area contributed by atoms with Gasteiger partial charge in [0.25, 0.3) is 5.91 Å². The molecule has 26 heavy (non-hydrogen) atoms. The molecule has 1 amide bonds. The van der Waals surface area contributed by atoms with E-state index in [0.29, 0.717) is 6.54 Å². The molecule has 146 valence electrons. The number of rotatable bonds is 12. The van der Waals surface area contributed by atoms with Crippen molar-refractivity contribution < 1.29 is 27.9 Å². The Morgan fingerprint density at radius 3 is 1.85 bits per heavy atom. The Labute approximate surface area is 151 Å². The molecule has 4 nitrogen and oxygen atoms in total. The van der Waals surface area contributed by atoms with E-state index in [1.807, 2.05) is 0 Å². The normalized spacial score (nSPS) is 11.3. The van der Waals surface area contributed by atoms with Crippen molar-refractivity contribution in [3.05, 3.63) is 35.4 Å². The minimum atomic E-state index is -4.40. The van der Waals surface area contributed by atoms with E-state index in [2.05, 4.69) is 5.32 Å². The lowest BCUT2D eigenvalue weighted by molar-refractivity contribution is -0.138. The summed E-state index contributed by atoms with van der Waals surface area (Å²) in [7, 11) is 0. The molecule has 0 aliphatic heterocycles. The van der Waals surface area contributed by atoms with Crippen molar-refractivity contribution in [3.63, 3.8) is 0 Å². The van der Waals surface area contributed by atoms with Crippen molar-refractivity contribution in [2.24, 2.45) is 0 Å². The molecule has 1 aromatic carbocycles. The smallest absolute Gasteiger partial charge is 0.416 e. The van der Waals surface area contributed by atoms with Crippen molar-refractivity contribution in [1.82, 2.24) is 5.32 Å². The monoisotopic (exact) mass is 373 g/mol. The summed E-state index contributed by atoms with van der Waals surface area (Å²) >= 11 is 0. The molecule has 0 saturated carbocycles. The molecule has 0 radical (unpaired) electrons. The number of unbranched alkanes of at least 4 members (excludes halogenated alkanes) is 7. The minimum Gasteiger partial charge on any atom is -0.481 e. The molecule has 2 N–H and O–H groups in total. The quantitative estimate of drug-likeness (QED) is 0.505. The molecule has 0 aliphatic rings. The third-order valence-electron chi connectivity index (χ3n) is 4.08. The highest BCUT2D eigenvalue weighted by molar-refractivity contribution is 5.94. The Balaban J connectivity index is 2.05. The number of hydrogen-bond donors (Lipinski definition) is 2. The molecule has 0 aromatic heterocycles. The molecule has 0 fully saturated rings. The predicted molar refractivity (Wildman–Crippen MR) is 93.0 cm³/mol. The Kier molecular flexibility index (Phi) is 9.76. The van der Waals surface area contributed by atoms with Gasteiger partial charge in [-0.2, -0.15) is 13.2 Å². The zero-order valence-corrected chi connectivity index (χ0v) is 14.8. The first kappa shape index (κ1) is 22.0. The number of nitrogens with one attached hydrogen (secondary N) is 1. The summed E-state index contributed by atoms with van der Waals surface area (Å²) in [6, 6.07) is 4.18. The van der Waals surface area contributed by atoms with E-state index in [9.17, 15) is 22.8 Å². The van der Waals surface area contributed by atoms with Gasteiger partial charge in [0, 0.05) is 18.5 Å². The third kappa shape index (κ3) is 9.44. The van der Waals surface area contributed by atoms with Gasteiger partial charge in [-0.15, -0.1) is 0 Å². The van der Waals surface area contributed by atoms with Gasteiger partial charge >= 0.3 is 12.1 Å². The van der Waals surface area contributed by atoms with Crippen LogP contribution in [-0.2, 0) is 11.0 Å². The number of alkyl halides is 3. The maximum Gasteiger partial charge on any atom is 0.416 e. The van der Waals surface area contributed by atoms with Crippen molar-refractivity contribution in [1.29, 1.82) is 0 Å². The number of aliphatic carboxylic acids is 1. The SMILES string of the molecule is O=C(O)CCCCCCCCCCNC(=O)c1ccc(C(F)(F)F)cc1. The molecular weight excluding hydrogens is 347 g/mol. The zero-order chi connectivity index (χ0) is 19.4. The number of hydrogen-bond acceptors (Lipinski definition) is 2. The third-order valence-corrected chi connectivity index (χ3v) is 4.08. The molecule has 0 spiro atoms. The Bertz CT molecular complexity index is 556. The summed E-state index contributed by atoms with van der Waals surface area (Å²) in [5, 5.41) is 11.2. The maximum atomic E-state index is 12.5. The van der Waals surface area contributed by atoms with Crippen LogP contribution in [-0.4, -0.2) is 23.5 Å². The van der Waals surface area contributed by atoms with Crippen LogP contribution in [0.25, 0.3) is 0 Å². The molecule has 1 aromatic rings. The Morgan fingerprint density at radius 2 is 1.35 bits per heavy atom. The topological polar surface area (TPSA) is 66.4 Å². The molecule has 0 saturated heterocycles. The first-order valence-electron chi connectivity index (χ1n) is 8.98. The van der Waals surface area contributed by atoms with E-state index in [4.69, 9.17) is 5.11 Å². The summed E-state index contributed by atoms with van der Waals surface area (Å²) in [6.45, 7) is 0.498. The van der Waals surface area contributed by atoms with Crippen LogP contribution in [0, 0.1) is 0 Å². The highest BCUT2D eigenvalue weighted by Crippen LogP contribution is 2.29. The molecule has 0 heterocycles. The van der Waals surface area contributed by atoms with E-state index in [0.717, 1.165) is 63.5 Å². The largest absolute Gasteiger partial charge is 0.481 e. The average Bonchev–Trinajstić information content (AvgIpc) is 2.58. The van der Waals surface area contributed by atoms with Gasteiger partial charge in [-0.25, -0.2) is 0 Å². The lowest BCUT2D eigenvalue weighted by Gasteiger charge is -2.08. The summed E-state index contributed by atoms with van der Waals surface area (Å²) in [6.07, 6.45) is 3.56. The van der Waals surface area contributed by atoms with Gasteiger partial charge in [0.15, 0.2) is 0 Å². The standard InChI is InChI=1S/C19H26F3NO3/c20-19(21,22)16-12-10-15(11-13-16)18(26)23-14-8-6-4-2-1-3-5-7-9-17(24)25/h10-13H,1-9,14H2,(H,23,26)(H,24,25). The second kappa shape index (κ2) is 11.5. The molecular formula is C19H26F3NO3. The van der Waals surface area contributed by atoms with E-state index < -0.39 is 17.7 Å². The van der Waals surface area contributed by atoms with Crippen molar-refractivity contribution >= 4 is 11.9 Å². The number of benzene rings is 1. The lowest BCUT2D eigenvalue weighted by atomic mass is 10.1. The van der Waals surface area contributed by atoms with Crippen LogP contribution in [0.1, 0.15) is 73.7 Å². The van der Waals surface area contributed by atoms with Crippen LogP contribution in [0.5, 0.6) is 0 Å². The van der Waals surface area contributed by atoms with Crippen LogP contribution < -0.4 is 5.32 Å². The fraction of sp³-hybridized carbons (Fsp3) is 0.579. The highest BCUT2D eigenvalue weighted by atomic mass is 19.4. The van der Waals surface area contributed by atoms with Gasteiger partial charge in [0.2, 0.25) is 0 Å². The summed E-state index contributed by atoms with van der Waals surface area (Å²) in [5.41, 5.74) is -0.545. The molecule has 7 heteroatoms. The fourth-order valence-corrected chi connectivity index (χ4v) is 2.58. The molecule has 0 bridgehead atoms. The highest BCUT2D eigenvalue weighted by Gasteiger charge is 2.30. The molecule has 0 unspecified atom stereocenters. The van der Waals surface area contributed by atoms with Crippen LogP contribution >= 0.6 is 0 Å². The van der Waals surface area contributed by atoms with Crippen LogP contribution in [0.3, 0.4) is 0 Å². The van der Waals surface area contributed by atoms with Crippen LogP contribution in [0.15, 0.2) is 24.3 Å². The van der Waals surface area contributed by atoms with Gasteiger partial charge < -0.3 is 10.4 Å². The van der Waals surface area contributed by atoms with E-state index in [1.165, 1.54) is 12.1 Å². The van der Waals surface area contributed by atoms with Crippen LogP contribution in [0.2, 0.25) is 0 Å². The minimum absolute atomic E-state index is 0.222. The van der Waals surface area contributed by atoms with Gasteiger partial charge in [0.1, 0.15) is 0 Å². The summed E-state index contributed by atoms with van der Waals surface area (Å²) in [4.78, 5) is 22.2. The Hall–Kier alpha value is -2.05. The lowest BCUT2D eigenvalue weighted by Crippen LogP contribution is -2.24. The predicted octanol–water partition coefficient (Wildman–Crippen LogP) is 5.03. The van der Waals surface area contributed by atoms with Gasteiger partial charge in [-0.3, -0.25) is 9.59 Å². The van der Waals surface area contributed by atoms with Crippen molar-refractivity contribution in [2.45, 2.75) is 64.0 Å². The number of halogens is 3. The fourth-order valence-electron chi connectivity index (χ4n) is 2.58. The van der Waals surface area contributed by atoms with Crippen molar-refractivity contribution in [2.75, 3.05) is 6.54 Å². The maximum absolute atomic E-state index is 12.5. The van der Waals surface area contributed by atoms with Gasteiger partial charge in [0.05, 0.1) is 5.56 Å². The molecule has 0 atom stereocenters. The second-order valence-corrected chi connectivity index (χ2v) is 6.30. The summed E-state index contributed by atoms with van der Waals surface area (Å²) in [5.74, 6) is -1.11. The number of carboxylic acid groups (broad SMARTS) is 1. The zero-order valence-electron chi connectivity index (χ0n) is 14.8. The number of amides is 1.